The zero-order valence-electron chi connectivity index (χ0n) is 18.4. The molecule has 6 heteroatoms. The highest BCUT2D eigenvalue weighted by Gasteiger charge is 2.22. The van der Waals surface area contributed by atoms with E-state index in [0.29, 0.717) is 29.4 Å². The van der Waals surface area contributed by atoms with Crippen LogP contribution in [0.1, 0.15) is 53.7 Å². The van der Waals surface area contributed by atoms with Crippen molar-refractivity contribution in [3.05, 3.63) is 83.7 Å². The number of carbonyl (C=O) groups is 1. The van der Waals surface area contributed by atoms with E-state index in [1.807, 2.05) is 55.5 Å². The average molecular weight is 433 g/mol. The summed E-state index contributed by atoms with van der Waals surface area (Å²) in [6, 6.07) is 16.7. The molecule has 1 heterocycles. The second kappa shape index (κ2) is 10.2. The predicted octanol–water partition coefficient (Wildman–Crippen LogP) is 5.09. The van der Waals surface area contributed by atoms with Crippen molar-refractivity contribution >= 4 is 5.91 Å². The summed E-state index contributed by atoms with van der Waals surface area (Å²) in [5.41, 5.74) is 2.49. The Kier molecular flexibility index (Phi) is 6.90. The largest absolute Gasteiger partial charge is 0.493 e. The van der Waals surface area contributed by atoms with Gasteiger partial charge in [0.1, 0.15) is 12.4 Å². The van der Waals surface area contributed by atoms with Crippen LogP contribution in [0.2, 0.25) is 0 Å². The van der Waals surface area contributed by atoms with Gasteiger partial charge in [-0.2, -0.15) is 0 Å². The lowest BCUT2D eigenvalue weighted by molar-refractivity contribution is 0.0915. The van der Waals surface area contributed by atoms with Gasteiger partial charge in [0.2, 0.25) is 0 Å². The van der Waals surface area contributed by atoms with Gasteiger partial charge in [-0.05, 0) is 73.7 Å². The number of amides is 1. The van der Waals surface area contributed by atoms with E-state index >= 15 is 0 Å². The normalized spacial score (nSPS) is 14.2. The topological polar surface area (TPSA) is 69.7 Å². The van der Waals surface area contributed by atoms with Crippen LogP contribution in [0.5, 0.6) is 17.2 Å². The van der Waals surface area contributed by atoms with Crippen LogP contribution in [0.4, 0.5) is 0 Å². The lowest BCUT2D eigenvalue weighted by Crippen LogP contribution is -2.29. The fourth-order valence-corrected chi connectivity index (χ4v) is 3.50. The van der Waals surface area contributed by atoms with Crippen LogP contribution in [0.15, 0.2) is 67.0 Å². The SMILES string of the molecule is COc1cc(C(C)NC(=O)c2ccccc2OC2CCC2)ccc1OCc1ccncc1. The number of benzene rings is 2. The molecular formula is C26H28N2O4. The second-order valence-corrected chi connectivity index (χ2v) is 7.92. The highest BCUT2D eigenvalue weighted by Crippen LogP contribution is 2.32. The third kappa shape index (κ3) is 5.19. The maximum Gasteiger partial charge on any atom is 0.255 e. The van der Waals surface area contributed by atoms with Crippen molar-refractivity contribution in [3.63, 3.8) is 0 Å². The van der Waals surface area contributed by atoms with E-state index in [1.165, 1.54) is 6.42 Å². The molecule has 1 saturated carbocycles. The Bertz CT molecular complexity index is 1050. The molecule has 2 aromatic carbocycles. The number of hydrogen-bond donors (Lipinski definition) is 1. The molecule has 32 heavy (non-hydrogen) atoms. The van der Waals surface area contributed by atoms with E-state index in [4.69, 9.17) is 14.2 Å². The molecule has 1 aliphatic carbocycles. The average Bonchev–Trinajstić information content (AvgIpc) is 2.80. The van der Waals surface area contributed by atoms with Gasteiger partial charge < -0.3 is 19.5 Å². The number of ether oxygens (including phenoxy) is 3. The molecule has 0 spiro atoms. The van der Waals surface area contributed by atoms with Crippen LogP contribution in [0, 0.1) is 0 Å². The predicted molar refractivity (Wildman–Crippen MR) is 122 cm³/mol. The van der Waals surface area contributed by atoms with Crippen LogP contribution in [0.25, 0.3) is 0 Å². The van der Waals surface area contributed by atoms with Gasteiger partial charge in [0, 0.05) is 12.4 Å². The first kappa shape index (κ1) is 21.7. The van der Waals surface area contributed by atoms with Crippen molar-refractivity contribution in [1.82, 2.24) is 10.3 Å². The summed E-state index contributed by atoms with van der Waals surface area (Å²) in [6.45, 7) is 2.36. The number of hydrogen-bond acceptors (Lipinski definition) is 5. The molecule has 4 rings (SSSR count). The van der Waals surface area contributed by atoms with Crippen molar-refractivity contribution in [2.45, 2.75) is 44.9 Å². The molecule has 3 aromatic rings. The molecule has 0 aliphatic heterocycles. The van der Waals surface area contributed by atoms with E-state index in [1.54, 1.807) is 25.6 Å². The first-order valence-corrected chi connectivity index (χ1v) is 10.9. The number of rotatable bonds is 9. The van der Waals surface area contributed by atoms with E-state index in [2.05, 4.69) is 10.3 Å². The number of methoxy groups -OCH3 is 1. The Labute approximate surface area is 188 Å². The second-order valence-electron chi connectivity index (χ2n) is 7.92. The summed E-state index contributed by atoms with van der Waals surface area (Å²) in [5, 5.41) is 3.07. The number of carbonyl (C=O) groups excluding carboxylic acids is 1. The van der Waals surface area contributed by atoms with Gasteiger partial charge in [0.15, 0.2) is 11.5 Å². The molecule has 0 bridgehead atoms. The summed E-state index contributed by atoms with van der Waals surface area (Å²) in [4.78, 5) is 17.0. The highest BCUT2D eigenvalue weighted by molar-refractivity contribution is 5.97. The maximum absolute atomic E-state index is 13.0. The molecule has 0 saturated heterocycles. The van der Waals surface area contributed by atoms with Crippen LogP contribution in [-0.2, 0) is 6.61 Å². The molecule has 1 unspecified atom stereocenters. The summed E-state index contributed by atoms with van der Waals surface area (Å²) in [7, 11) is 1.61. The van der Waals surface area contributed by atoms with Crippen molar-refractivity contribution in [3.8, 4) is 17.2 Å². The maximum atomic E-state index is 13.0. The zero-order chi connectivity index (χ0) is 22.3. The van der Waals surface area contributed by atoms with Crippen molar-refractivity contribution in [1.29, 1.82) is 0 Å². The fourth-order valence-electron chi connectivity index (χ4n) is 3.50. The molecule has 166 valence electrons. The van der Waals surface area contributed by atoms with E-state index < -0.39 is 0 Å². The Balaban J connectivity index is 1.43. The number of para-hydroxylation sites is 1. The third-order valence-corrected chi connectivity index (χ3v) is 5.66. The van der Waals surface area contributed by atoms with E-state index in [9.17, 15) is 4.79 Å². The standard InChI is InChI=1S/C26H28N2O4/c1-18(28-26(29)22-8-3-4-9-23(22)32-21-6-5-7-21)20-10-11-24(25(16-20)30-2)31-17-19-12-14-27-15-13-19/h3-4,8-16,18,21H,5-7,17H2,1-2H3,(H,28,29). The first-order valence-electron chi connectivity index (χ1n) is 10.9. The number of nitrogens with zero attached hydrogens (tertiary/aromatic N) is 1. The van der Waals surface area contributed by atoms with Crippen LogP contribution < -0.4 is 19.5 Å². The van der Waals surface area contributed by atoms with Gasteiger partial charge in [0.25, 0.3) is 5.91 Å². The van der Waals surface area contributed by atoms with Crippen molar-refractivity contribution in [2.75, 3.05) is 7.11 Å². The Morgan fingerprint density at radius 3 is 2.56 bits per heavy atom. The molecule has 1 atom stereocenters. The summed E-state index contributed by atoms with van der Waals surface area (Å²) < 4.78 is 17.4. The summed E-state index contributed by atoms with van der Waals surface area (Å²) in [5.74, 6) is 1.74. The van der Waals surface area contributed by atoms with Crippen molar-refractivity contribution in [2.24, 2.45) is 0 Å². The molecular weight excluding hydrogens is 404 g/mol. The smallest absolute Gasteiger partial charge is 0.255 e. The Morgan fingerprint density at radius 2 is 1.84 bits per heavy atom. The Hall–Kier alpha value is -3.54. The summed E-state index contributed by atoms with van der Waals surface area (Å²) >= 11 is 0. The lowest BCUT2D eigenvalue weighted by Gasteiger charge is -2.27. The van der Waals surface area contributed by atoms with Crippen LogP contribution in [0.3, 0.4) is 0 Å². The molecule has 1 fully saturated rings. The fraction of sp³-hybridized carbons (Fsp3) is 0.308. The third-order valence-electron chi connectivity index (χ3n) is 5.66. The summed E-state index contributed by atoms with van der Waals surface area (Å²) in [6.07, 6.45) is 6.95. The Morgan fingerprint density at radius 1 is 1.06 bits per heavy atom. The quantitative estimate of drug-likeness (QED) is 0.510. The molecule has 0 radical (unpaired) electrons. The van der Waals surface area contributed by atoms with Gasteiger partial charge in [0.05, 0.1) is 24.8 Å². The molecule has 1 N–H and O–H groups in total. The monoisotopic (exact) mass is 432 g/mol. The van der Waals surface area contributed by atoms with Gasteiger partial charge in [-0.25, -0.2) is 0 Å². The van der Waals surface area contributed by atoms with Gasteiger partial charge >= 0.3 is 0 Å². The van der Waals surface area contributed by atoms with Gasteiger partial charge in [-0.3, -0.25) is 9.78 Å². The minimum Gasteiger partial charge on any atom is -0.493 e. The molecule has 1 amide bonds. The van der Waals surface area contributed by atoms with Gasteiger partial charge in [-0.1, -0.05) is 18.2 Å². The van der Waals surface area contributed by atoms with E-state index in [0.717, 1.165) is 24.0 Å². The molecule has 1 aromatic heterocycles. The highest BCUT2D eigenvalue weighted by atomic mass is 16.5. The van der Waals surface area contributed by atoms with Gasteiger partial charge in [-0.15, -0.1) is 0 Å². The minimum atomic E-state index is -0.220. The van der Waals surface area contributed by atoms with Crippen LogP contribution in [-0.4, -0.2) is 24.1 Å². The zero-order valence-corrected chi connectivity index (χ0v) is 18.4. The van der Waals surface area contributed by atoms with Crippen LogP contribution >= 0.6 is 0 Å². The molecule has 6 nitrogen and oxygen atoms in total. The number of pyridine rings is 1. The minimum absolute atomic E-state index is 0.163. The number of aromatic nitrogens is 1. The van der Waals surface area contributed by atoms with E-state index in [-0.39, 0.29) is 18.1 Å². The number of nitrogens with one attached hydrogen (secondary N) is 1. The lowest BCUT2D eigenvalue weighted by atomic mass is 9.96. The molecule has 1 aliphatic rings. The first-order chi connectivity index (χ1) is 15.6. The van der Waals surface area contributed by atoms with Crippen molar-refractivity contribution < 1.29 is 19.0 Å².